The van der Waals surface area contributed by atoms with Crippen LogP contribution >= 0.6 is 11.8 Å². The topological polar surface area (TPSA) is 218 Å². The first-order chi connectivity index (χ1) is 26.5. The van der Waals surface area contributed by atoms with Crippen molar-refractivity contribution in [2.45, 2.75) is 101 Å². The number of likely N-dealkylation sites (N-methyl/N-ethyl adjacent to an activating group) is 1. The van der Waals surface area contributed by atoms with Crippen molar-refractivity contribution in [1.82, 2.24) is 15.1 Å². The van der Waals surface area contributed by atoms with Crippen molar-refractivity contribution < 1.29 is 47.7 Å². The molecule has 0 aliphatic carbocycles. The molecule has 1 N–H and O–H groups in total. The molecule has 0 saturated carbocycles. The number of amides is 3. The number of benzene rings is 2. The number of esters is 1. The van der Waals surface area contributed by atoms with Crippen molar-refractivity contribution in [3.05, 3.63) is 79.9 Å². The van der Waals surface area contributed by atoms with E-state index < -0.39 is 76.5 Å². The lowest BCUT2D eigenvalue weighted by molar-refractivity contribution is -0.385. The standard InChI is InChI=1S/C38H51N5O12SSi/c1-22(31-30(34(45)39-31)23(2)55-57(8,9)38(3,4)5)33(32(44)36(47)53-20-24-10-14-26(15-11-24)42(49)50)56-28-18-29(35(46)40(6)7)41(19-28)37(48)54-21-25-12-16-27(17-13-25)43(51)52/h10-17,22-23,28-31,33H,18-21H2,1-9H3,(H,39,45). The van der Waals surface area contributed by atoms with Crippen LogP contribution in [0.15, 0.2) is 48.5 Å². The summed E-state index contributed by atoms with van der Waals surface area (Å²) in [6, 6.07) is 9.30. The minimum atomic E-state index is -2.31. The third kappa shape index (κ3) is 10.7. The van der Waals surface area contributed by atoms with Crippen LogP contribution in [0.2, 0.25) is 18.1 Å². The minimum absolute atomic E-state index is 0.0201. The van der Waals surface area contributed by atoms with Crippen molar-refractivity contribution >= 4 is 61.1 Å². The molecule has 2 aliphatic heterocycles. The minimum Gasteiger partial charge on any atom is -0.455 e. The monoisotopic (exact) mass is 829 g/mol. The fraction of sp³-hybridized carbons (Fsp3) is 0.553. The van der Waals surface area contributed by atoms with Gasteiger partial charge in [-0.1, -0.05) is 27.7 Å². The van der Waals surface area contributed by atoms with Gasteiger partial charge in [-0.05, 0) is 72.8 Å². The maximum Gasteiger partial charge on any atom is 0.410 e. The van der Waals surface area contributed by atoms with Gasteiger partial charge in [0, 0.05) is 56.2 Å². The van der Waals surface area contributed by atoms with E-state index in [-0.39, 0.29) is 54.4 Å². The van der Waals surface area contributed by atoms with Crippen LogP contribution in [0.25, 0.3) is 0 Å². The van der Waals surface area contributed by atoms with Crippen molar-refractivity contribution in [2.75, 3.05) is 20.6 Å². The molecule has 57 heavy (non-hydrogen) atoms. The van der Waals surface area contributed by atoms with E-state index in [2.05, 4.69) is 39.2 Å². The van der Waals surface area contributed by atoms with E-state index in [1.165, 1.54) is 58.3 Å². The molecule has 0 spiro atoms. The number of carbonyl (C=O) groups is 5. The average Bonchev–Trinajstić information content (AvgIpc) is 3.56. The first-order valence-corrected chi connectivity index (χ1v) is 22.3. The van der Waals surface area contributed by atoms with Crippen LogP contribution in [0.1, 0.15) is 52.2 Å². The molecule has 0 aromatic heterocycles. The maximum atomic E-state index is 14.1. The molecule has 19 heteroatoms. The molecule has 2 aromatic rings. The fourth-order valence-corrected chi connectivity index (χ4v) is 9.56. The van der Waals surface area contributed by atoms with E-state index in [0.717, 1.165) is 11.8 Å². The lowest BCUT2D eigenvalue weighted by Gasteiger charge is -2.48. The van der Waals surface area contributed by atoms with Gasteiger partial charge in [-0.25, -0.2) is 9.59 Å². The Morgan fingerprint density at radius 2 is 1.44 bits per heavy atom. The van der Waals surface area contributed by atoms with Gasteiger partial charge in [0.05, 0.1) is 27.1 Å². The Morgan fingerprint density at radius 1 is 0.930 bits per heavy atom. The summed E-state index contributed by atoms with van der Waals surface area (Å²) in [5.74, 6) is -3.93. The highest BCUT2D eigenvalue weighted by Crippen LogP contribution is 2.42. The first-order valence-electron chi connectivity index (χ1n) is 18.5. The van der Waals surface area contributed by atoms with Crippen molar-refractivity contribution in [3.8, 4) is 0 Å². The number of nitrogens with zero attached hydrogens (tertiary/aromatic N) is 4. The summed E-state index contributed by atoms with van der Waals surface area (Å²) in [5.41, 5.74) is 0.637. The zero-order chi connectivity index (χ0) is 42.6. The van der Waals surface area contributed by atoms with E-state index in [1.54, 1.807) is 21.0 Å². The molecule has 0 bridgehead atoms. The molecule has 2 fully saturated rings. The number of nitro benzene ring substituents is 2. The van der Waals surface area contributed by atoms with Crippen molar-refractivity contribution in [1.29, 1.82) is 0 Å². The van der Waals surface area contributed by atoms with Crippen LogP contribution in [-0.2, 0) is 46.3 Å². The summed E-state index contributed by atoms with van der Waals surface area (Å²) in [6.45, 7) is 13.4. The number of carbonyl (C=O) groups excluding carboxylic acids is 5. The number of ether oxygens (including phenoxy) is 2. The molecule has 310 valence electrons. The normalized spacial score (nSPS) is 21.0. The predicted octanol–water partition coefficient (Wildman–Crippen LogP) is 5.25. The van der Waals surface area contributed by atoms with Gasteiger partial charge in [-0.2, -0.15) is 0 Å². The number of nitrogens with one attached hydrogen (secondary N) is 1. The second-order valence-electron chi connectivity index (χ2n) is 16.2. The lowest BCUT2D eigenvalue weighted by Crippen LogP contribution is -2.67. The van der Waals surface area contributed by atoms with Crippen LogP contribution in [-0.4, -0.2) is 107 Å². The second-order valence-corrected chi connectivity index (χ2v) is 22.4. The van der Waals surface area contributed by atoms with Crippen molar-refractivity contribution in [3.63, 3.8) is 0 Å². The largest absolute Gasteiger partial charge is 0.455 e. The predicted molar refractivity (Wildman–Crippen MR) is 212 cm³/mol. The number of hydrogen-bond donors (Lipinski definition) is 1. The fourth-order valence-electron chi connectivity index (χ4n) is 6.54. The summed E-state index contributed by atoms with van der Waals surface area (Å²) >= 11 is 1.11. The number of hydrogen-bond acceptors (Lipinski definition) is 13. The van der Waals surface area contributed by atoms with Gasteiger partial charge in [0.25, 0.3) is 17.2 Å². The molecule has 2 saturated heterocycles. The van der Waals surface area contributed by atoms with E-state index in [4.69, 9.17) is 13.9 Å². The second kappa shape index (κ2) is 18.1. The average molecular weight is 830 g/mol. The van der Waals surface area contributed by atoms with Crippen LogP contribution in [0.5, 0.6) is 0 Å². The molecule has 7 atom stereocenters. The van der Waals surface area contributed by atoms with Crippen molar-refractivity contribution in [2.24, 2.45) is 11.8 Å². The Hall–Kier alpha value is -4.88. The molecule has 2 aromatic carbocycles. The van der Waals surface area contributed by atoms with Crippen LogP contribution in [0.4, 0.5) is 16.2 Å². The van der Waals surface area contributed by atoms with Gasteiger partial charge in [0.15, 0.2) is 8.32 Å². The third-order valence-corrected chi connectivity index (χ3v) is 17.1. The quantitative estimate of drug-likeness (QED) is 0.0572. The molecule has 3 amide bonds. The van der Waals surface area contributed by atoms with Gasteiger partial charge < -0.3 is 24.1 Å². The Kier molecular flexibility index (Phi) is 14.3. The molecule has 2 aliphatic rings. The lowest BCUT2D eigenvalue weighted by atomic mass is 9.77. The Bertz CT molecular complexity index is 1850. The van der Waals surface area contributed by atoms with E-state index in [1.807, 2.05) is 6.92 Å². The molecule has 2 heterocycles. The summed E-state index contributed by atoms with van der Waals surface area (Å²) in [7, 11) is 0.779. The van der Waals surface area contributed by atoms with Gasteiger partial charge in [-0.3, -0.25) is 39.5 Å². The SMILES string of the molecule is CC(O[Si](C)(C)C(C)(C)C)C1C(=O)NC1C(C)C(SC1CC(C(=O)N(C)C)N(C(=O)OCc2ccc([N+](=O)[O-])cc2)C1)C(=O)C(=O)OCc1ccc([N+](=O)[O-])cc1. The Balaban J connectivity index is 1.57. The molecular formula is C38H51N5O12SSi. The zero-order valence-corrected chi connectivity index (χ0v) is 35.4. The number of likely N-dealkylation sites (tertiary alicyclic amines) is 1. The molecule has 17 nitrogen and oxygen atoms in total. The van der Waals surface area contributed by atoms with Gasteiger partial charge in [0.2, 0.25) is 11.8 Å². The van der Waals surface area contributed by atoms with Gasteiger partial charge >= 0.3 is 12.1 Å². The van der Waals surface area contributed by atoms with Crippen LogP contribution in [0.3, 0.4) is 0 Å². The number of β-lactam (4-membered cyclic amide) rings is 1. The highest BCUT2D eigenvalue weighted by atomic mass is 32.2. The summed E-state index contributed by atoms with van der Waals surface area (Å²) < 4.78 is 17.5. The Morgan fingerprint density at radius 3 is 1.89 bits per heavy atom. The summed E-state index contributed by atoms with van der Waals surface area (Å²) in [5, 5.41) is 23.3. The maximum absolute atomic E-state index is 14.1. The van der Waals surface area contributed by atoms with E-state index in [0.29, 0.717) is 11.1 Å². The number of nitro groups is 2. The number of thioether (sulfide) groups is 1. The smallest absolute Gasteiger partial charge is 0.410 e. The Labute approximate surface area is 336 Å². The highest BCUT2D eigenvalue weighted by Gasteiger charge is 2.53. The zero-order valence-electron chi connectivity index (χ0n) is 33.6. The highest BCUT2D eigenvalue weighted by molar-refractivity contribution is 8.01. The molecular weight excluding hydrogens is 779 g/mol. The van der Waals surface area contributed by atoms with Gasteiger partial charge in [0.1, 0.15) is 19.3 Å². The molecule has 4 rings (SSSR count). The van der Waals surface area contributed by atoms with Gasteiger partial charge in [-0.15, -0.1) is 11.8 Å². The van der Waals surface area contributed by atoms with E-state index in [9.17, 15) is 44.2 Å². The molecule has 0 radical (unpaired) electrons. The van der Waals surface area contributed by atoms with E-state index >= 15 is 0 Å². The third-order valence-electron chi connectivity index (χ3n) is 10.9. The number of rotatable bonds is 16. The number of Topliss-reactive ketones (excluding diaryl/α,β-unsaturated/α-hetero) is 1. The van der Waals surface area contributed by atoms with Crippen LogP contribution < -0.4 is 5.32 Å². The number of non-ortho nitro benzene ring substituents is 2. The summed E-state index contributed by atoms with van der Waals surface area (Å²) in [4.78, 5) is 91.2. The molecule has 7 unspecified atom stereocenters. The first kappa shape index (κ1) is 44.8. The van der Waals surface area contributed by atoms with Crippen LogP contribution in [0, 0.1) is 32.1 Å². The summed E-state index contributed by atoms with van der Waals surface area (Å²) in [6.07, 6.45) is -1.19. The number of ketones is 1.